The number of hydrogen-bond acceptors (Lipinski definition) is 3. The van der Waals surface area contributed by atoms with Gasteiger partial charge >= 0.3 is 0 Å². The van der Waals surface area contributed by atoms with Crippen LogP contribution in [0, 0.1) is 17.5 Å². The van der Waals surface area contributed by atoms with Crippen molar-refractivity contribution in [2.24, 2.45) is 0 Å². The average molecular weight is 406 g/mol. The van der Waals surface area contributed by atoms with Gasteiger partial charge in [0, 0.05) is 0 Å². The first-order chi connectivity index (χ1) is 13.3. The predicted octanol–water partition coefficient (Wildman–Crippen LogP) is 3.39. The topological polar surface area (TPSA) is 75.3 Å². The summed E-state index contributed by atoms with van der Waals surface area (Å²) in [6, 6.07) is 13.5. The van der Waals surface area contributed by atoms with Gasteiger partial charge in [0.15, 0.2) is 0 Å². The molecule has 0 aliphatic rings. The van der Waals surface area contributed by atoms with E-state index in [1.165, 1.54) is 48.5 Å². The number of carbonyl (C=O) groups excluding carboxylic acids is 1. The number of halogens is 3. The van der Waals surface area contributed by atoms with Crippen LogP contribution >= 0.6 is 0 Å². The second-order valence-electron chi connectivity index (χ2n) is 5.69. The first-order valence-corrected chi connectivity index (χ1v) is 9.38. The van der Waals surface area contributed by atoms with Gasteiger partial charge < -0.3 is 0 Å². The van der Waals surface area contributed by atoms with E-state index >= 15 is 0 Å². The van der Waals surface area contributed by atoms with E-state index in [0.29, 0.717) is 11.1 Å². The Balaban J connectivity index is 1.82. The van der Waals surface area contributed by atoms with Crippen LogP contribution in [0.5, 0.6) is 0 Å². The van der Waals surface area contributed by atoms with Gasteiger partial charge in [0.1, 0.15) is 22.3 Å². The number of sulfonamides is 1. The van der Waals surface area contributed by atoms with Crippen LogP contribution in [-0.2, 0) is 10.0 Å². The van der Waals surface area contributed by atoms with Gasteiger partial charge in [-0.15, -0.1) is 4.83 Å². The van der Waals surface area contributed by atoms with Crippen LogP contribution in [0.1, 0.15) is 10.4 Å². The zero-order chi connectivity index (χ0) is 20.3. The van der Waals surface area contributed by atoms with Crippen molar-refractivity contribution in [1.29, 1.82) is 0 Å². The fraction of sp³-hybridized carbons (Fsp3) is 0. The summed E-state index contributed by atoms with van der Waals surface area (Å²) in [7, 11) is -4.39. The molecule has 0 spiro atoms. The lowest BCUT2D eigenvalue weighted by molar-refractivity contribution is 0.0941. The fourth-order valence-corrected chi connectivity index (χ4v) is 3.34. The molecular weight excluding hydrogens is 393 g/mol. The SMILES string of the molecule is O=C(NNS(=O)(=O)c1ccccc1F)c1cc(-c2ccc(F)cc2)ccc1F. The van der Waals surface area contributed by atoms with Gasteiger partial charge in [0.25, 0.3) is 15.9 Å². The molecule has 0 radical (unpaired) electrons. The van der Waals surface area contributed by atoms with Crippen LogP contribution in [0.4, 0.5) is 13.2 Å². The van der Waals surface area contributed by atoms with Gasteiger partial charge in [-0.3, -0.25) is 10.2 Å². The molecule has 0 aliphatic heterocycles. The normalized spacial score (nSPS) is 11.2. The molecule has 0 unspecified atom stereocenters. The first kappa shape index (κ1) is 19.6. The third-order valence-electron chi connectivity index (χ3n) is 3.81. The van der Waals surface area contributed by atoms with Crippen molar-refractivity contribution >= 4 is 15.9 Å². The highest BCUT2D eigenvalue weighted by Crippen LogP contribution is 2.22. The molecule has 3 aromatic rings. The monoisotopic (exact) mass is 406 g/mol. The van der Waals surface area contributed by atoms with Crippen molar-refractivity contribution in [2.75, 3.05) is 0 Å². The van der Waals surface area contributed by atoms with E-state index in [4.69, 9.17) is 0 Å². The molecule has 28 heavy (non-hydrogen) atoms. The summed E-state index contributed by atoms with van der Waals surface area (Å²) in [5, 5.41) is 0. The zero-order valence-electron chi connectivity index (χ0n) is 14.1. The molecule has 0 atom stereocenters. The largest absolute Gasteiger partial charge is 0.273 e. The number of hydrogen-bond donors (Lipinski definition) is 2. The van der Waals surface area contributed by atoms with Crippen molar-refractivity contribution in [3.05, 3.63) is 89.7 Å². The molecule has 0 fully saturated rings. The average Bonchev–Trinajstić information content (AvgIpc) is 2.67. The number of rotatable bonds is 5. The van der Waals surface area contributed by atoms with Crippen LogP contribution in [0.3, 0.4) is 0 Å². The van der Waals surface area contributed by atoms with Gasteiger partial charge in [-0.25, -0.2) is 21.6 Å². The summed E-state index contributed by atoms with van der Waals surface area (Å²) in [5.74, 6) is -3.44. The molecule has 0 aliphatic carbocycles. The van der Waals surface area contributed by atoms with Crippen LogP contribution < -0.4 is 10.3 Å². The highest BCUT2D eigenvalue weighted by atomic mass is 32.2. The minimum atomic E-state index is -4.39. The number of carbonyl (C=O) groups is 1. The van der Waals surface area contributed by atoms with Gasteiger partial charge in [-0.05, 0) is 47.5 Å². The lowest BCUT2D eigenvalue weighted by atomic mass is 10.0. The third-order valence-corrected chi connectivity index (χ3v) is 5.09. The Morgan fingerprint density at radius 3 is 2.11 bits per heavy atom. The Bertz CT molecular complexity index is 1130. The highest BCUT2D eigenvalue weighted by Gasteiger charge is 2.21. The van der Waals surface area contributed by atoms with E-state index in [-0.39, 0.29) is 0 Å². The maximum absolute atomic E-state index is 14.0. The lowest BCUT2D eigenvalue weighted by Gasteiger charge is -2.11. The molecule has 2 N–H and O–H groups in total. The van der Waals surface area contributed by atoms with Gasteiger partial charge in [0.2, 0.25) is 0 Å². The smallest absolute Gasteiger partial charge is 0.269 e. The molecule has 0 aromatic heterocycles. The Kier molecular flexibility index (Phi) is 5.48. The number of benzene rings is 3. The molecule has 3 rings (SSSR count). The minimum absolute atomic E-state index is 0.420. The van der Waals surface area contributed by atoms with Crippen molar-refractivity contribution in [1.82, 2.24) is 10.3 Å². The van der Waals surface area contributed by atoms with Crippen molar-refractivity contribution in [3.63, 3.8) is 0 Å². The van der Waals surface area contributed by atoms with Crippen LogP contribution in [0.15, 0.2) is 71.6 Å². The molecule has 1 amide bonds. The summed E-state index contributed by atoms with van der Waals surface area (Å²) in [6.07, 6.45) is 0. The molecule has 0 bridgehead atoms. The molecule has 144 valence electrons. The number of nitrogens with one attached hydrogen (secondary N) is 2. The Morgan fingerprint density at radius 2 is 1.43 bits per heavy atom. The molecule has 3 aromatic carbocycles. The van der Waals surface area contributed by atoms with Crippen LogP contribution in [0.25, 0.3) is 11.1 Å². The standard InChI is InChI=1S/C19H13F3N2O3S/c20-14-8-5-12(6-9-14)13-7-10-16(21)15(11-13)19(25)23-24-28(26,27)18-4-2-1-3-17(18)22/h1-11,24H,(H,23,25). The van der Waals surface area contributed by atoms with Crippen molar-refractivity contribution in [2.45, 2.75) is 4.90 Å². The summed E-state index contributed by atoms with van der Waals surface area (Å²) in [5.41, 5.74) is 2.35. The van der Waals surface area contributed by atoms with Gasteiger partial charge in [-0.2, -0.15) is 0 Å². The van der Waals surface area contributed by atoms with Gasteiger partial charge in [-0.1, -0.05) is 30.3 Å². The quantitative estimate of drug-likeness (QED) is 0.638. The Hall–Kier alpha value is -3.17. The molecule has 0 saturated heterocycles. The number of amides is 1. The van der Waals surface area contributed by atoms with E-state index < -0.39 is 43.8 Å². The van der Waals surface area contributed by atoms with Crippen molar-refractivity contribution in [3.8, 4) is 11.1 Å². The van der Waals surface area contributed by atoms with E-state index in [2.05, 4.69) is 0 Å². The Labute approximate surface area is 158 Å². The van der Waals surface area contributed by atoms with Crippen molar-refractivity contribution < 1.29 is 26.4 Å². The Morgan fingerprint density at radius 1 is 0.786 bits per heavy atom. The predicted molar refractivity (Wildman–Crippen MR) is 96.0 cm³/mol. The molecule has 9 heteroatoms. The summed E-state index contributed by atoms with van der Waals surface area (Å²) in [4.78, 5) is 13.3. The second kappa shape index (κ2) is 7.83. The molecule has 5 nitrogen and oxygen atoms in total. The molecular formula is C19H13F3N2O3S. The van der Waals surface area contributed by atoms with Gasteiger partial charge in [0.05, 0.1) is 5.56 Å². The first-order valence-electron chi connectivity index (χ1n) is 7.90. The van der Waals surface area contributed by atoms with E-state index in [1.54, 1.807) is 4.83 Å². The zero-order valence-corrected chi connectivity index (χ0v) is 14.9. The second-order valence-corrected chi connectivity index (χ2v) is 7.34. The maximum atomic E-state index is 14.0. The third kappa shape index (κ3) is 4.21. The maximum Gasteiger partial charge on any atom is 0.269 e. The summed E-state index contributed by atoms with van der Waals surface area (Å²) in [6.45, 7) is 0. The van der Waals surface area contributed by atoms with E-state index in [9.17, 15) is 26.4 Å². The van der Waals surface area contributed by atoms with Crippen LogP contribution in [0.2, 0.25) is 0 Å². The lowest BCUT2D eigenvalue weighted by Crippen LogP contribution is -2.42. The van der Waals surface area contributed by atoms with E-state index in [0.717, 1.165) is 18.2 Å². The number of hydrazine groups is 1. The minimum Gasteiger partial charge on any atom is -0.273 e. The highest BCUT2D eigenvalue weighted by molar-refractivity contribution is 7.89. The molecule has 0 heterocycles. The summed E-state index contributed by atoms with van der Waals surface area (Å²) < 4.78 is 64.9. The van der Waals surface area contributed by atoms with Crippen LogP contribution in [-0.4, -0.2) is 14.3 Å². The fourth-order valence-electron chi connectivity index (χ4n) is 2.42. The van der Waals surface area contributed by atoms with E-state index in [1.807, 2.05) is 5.43 Å². The summed E-state index contributed by atoms with van der Waals surface area (Å²) >= 11 is 0. The molecule has 0 saturated carbocycles.